The van der Waals surface area contributed by atoms with Gasteiger partial charge in [0, 0.05) is 25.5 Å². The highest BCUT2D eigenvalue weighted by molar-refractivity contribution is 8.00. The third-order valence-electron chi connectivity index (χ3n) is 5.47. The summed E-state index contributed by atoms with van der Waals surface area (Å²) >= 11 is 0.837. The molecule has 1 heterocycles. The molecular weight excluding hydrogens is 634 g/mol. The summed E-state index contributed by atoms with van der Waals surface area (Å²) in [5.41, 5.74) is -0.617. The summed E-state index contributed by atoms with van der Waals surface area (Å²) < 4.78 is 47.9. The molecule has 19 heteroatoms. The van der Waals surface area contributed by atoms with Gasteiger partial charge in [-0.2, -0.15) is 0 Å². The van der Waals surface area contributed by atoms with Crippen LogP contribution in [0.1, 0.15) is 58.4 Å². The van der Waals surface area contributed by atoms with Gasteiger partial charge >= 0.3 is 27.3 Å². The van der Waals surface area contributed by atoms with Crippen LogP contribution < -0.4 is 4.74 Å². The lowest BCUT2D eigenvalue weighted by Gasteiger charge is -2.22. The number of carbonyl (C=O) groups is 3. The van der Waals surface area contributed by atoms with Crippen molar-refractivity contribution < 1.29 is 61.1 Å². The van der Waals surface area contributed by atoms with Crippen molar-refractivity contribution >= 4 is 50.9 Å². The van der Waals surface area contributed by atoms with Crippen molar-refractivity contribution in [3.8, 4) is 5.75 Å². The average Bonchev–Trinajstić information content (AvgIpc) is 3.13. The number of phosphoric ester groups is 2. The van der Waals surface area contributed by atoms with Crippen molar-refractivity contribution in [1.82, 2.24) is 4.90 Å². The molecule has 16 nitrogen and oxygen atoms in total. The Bertz CT molecular complexity index is 1270. The van der Waals surface area contributed by atoms with Gasteiger partial charge in [-0.3, -0.25) is 47.5 Å². The molecule has 0 saturated carbocycles. The number of carbonyl (C=O) groups excluding carboxylic acids is 3. The number of ether oxygens (including phenoxy) is 1. The second-order valence-corrected chi connectivity index (χ2v) is 14.3. The van der Waals surface area contributed by atoms with Crippen molar-refractivity contribution in [2.45, 2.75) is 70.7 Å². The van der Waals surface area contributed by atoms with Crippen molar-refractivity contribution in [3.63, 3.8) is 0 Å². The van der Waals surface area contributed by atoms with E-state index in [0.29, 0.717) is 24.8 Å². The fourth-order valence-electron chi connectivity index (χ4n) is 3.66. The average molecular weight is 671 g/mol. The van der Waals surface area contributed by atoms with Crippen molar-refractivity contribution in [1.29, 1.82) is 0 Å². The molecule has 43 heavy (non-hydrogen) atoms. The maximum Gasteiger partial charge on any atom is 0.473 e. The minimum Gasteiger partial charge on any atom is -0.419 e. The fraction of sp³-hybridized carbons (Fsp3) is 0.625. The third kappa shape index (κ3) is 13.5. The Hall–Kier alpha value is -2.20. The molecule has 0 aliphatic carbocycles. The Morgan fingerprint density at radius 1 is 1.09 bits per heavy atom. The lowest BCUT2D eigenvalue weighted by atomic mass is 10.2. The quantitative estimate of drug-likeness (QED) is 0.0326. The summed E-state index contributed by atoms with van der Waals surface area (Å²) in [6.07, 6.45) is 1.12. The molecule has 2 amide bonds. The highest BCUT2D eigenvalue weighted by Gasteiger charge is 2.39. The van der Waals surface area contributed by atoms with Gasteiger partial charge in [-0.25, -0.2) is 9.13 Å². The zero-order chi connectivity index (χ0) is 32.4. The zero-order valence-electron chi connectivity index (χ0n) is 24.2. The number of hydrogen-bond acceptors (Lipinski definition) is 13. The summed E-state index contributed by atoms with van der Waals surface area (Å²) in [5.74, 6) is -2.12. The van der Waals surface area contributed by atoms with E-state index in [9.17, 15) is 43.4 Å². The van der Waals surface area contributed by atoms with Crippen LogP contribution in [0.25, 0.3) is 0 Å². The van der Waals surface area contributed by atoms with Crippen LogP contribution in [0.3, 0.4) is 0 Å². The van der Waals surface area contributed by atoms with Gasteiger partial charge in [0.25, 0.3) is 0 Å². The molecular formula is C24H36N2O14P2S. The van der Waals surface area contributed by atoms with E-state index in [2.05, 4.69) is 9.05 Å². The zero-order valence-corrected chi connectivity index (χ0v) is 26.8. The molecule has 3 unspecified atom stereocenters. The predicted octanol–water partition coefficient (Wildman–Crippen LogP) is 4.25. The first-order chi connectivity index (χ1) is 19.9. The van der Waals surface area contributed by atoms with E-state index in [-0.39, 0.29) is 30.8 Å². The lowest BCUT2D eigenvalue weighted by molar-refractivity contribution is -0.385. The van der Waals surface area contributed by atoms with Crippen LogP contribution in [0.5, 0.6) is 5.75 Å². The first-order valence-electron chi connectivity index (χ1n) is 13.1. The summed E-state index contributed by atoms with van der Waals surface area (Å²) in [5, 5.41) is 10.3. The highest BCUT2D eigenvalue weighted by Crippen LogP contribution is 2.48. The molecule has 2 N–H and O–H groups in total. The summed E-state index contributed by atoms with van der Waals surface area (Å²) in [6, 6.07) is 4.26. The Morgan fingerprint density at radius 3 is 2.37 bits per heavy atom. The van der Waals surface area contributed by atoms with Crippen molar-refractivity contribution in [3.05, 3.63) is 33.9 Å². The SMILES string of the molecule is Cc1ccc(OC(=O)CCCCCN2C(=O)CC(SCOP(=O)(O)OCCOP(=O)(O)OC(C)(C)C)C2=O)c([N+](=O)[O-])c1. The number of amides is 2. The number of aryl methyl sites for hydroxylation is 1. The number of hydrogen-bond donors (Lipinski definition) is 2. The molecule has 1 saturated heterocycles. The van der Waals surface area contributed by atoms with Gasteiger partial charge in [-0.05, 0) is 52.2 Å². The summed E-state index contributed by atoms with van der Waals surface area (Å²) in [4.78, 5) is 68.0. The summed E-state index contributed by atoms with van der Waals surface area (Å²) in [7, 11) is -8.98. The molecule has 2 rings (SSSR count). The van der Waals surface area contributed by atoms with Crippen molar-refractivity contribution in [2.75, 3.05) is 25.7 Å². The molecule has 0 spiro atoms. The number of phosphoric acid groups is 2. The highest BCUT2D eigenvalue weighted by atomic mass is 32.2. The largest absolute Gasteiger partial charge is 0.473 e. The molecule has 0 radical (unpaired) electrons. The Morgan fingerprint density at radius 2 is 1.74 bits per heavy atom. The standard InChI is InChI=1S/C24H36N2O14P2S/c1-17-9-10-19(18(14-17)26(30)31)39-22(28)8-6-5-7-11-25-21(27)15-20(23(25)29)43-16-38-41(32,33)36-12-13-37-42(34,35)40-24(2,3)4/h9-10,14,20H,5-8,11-13,15-16H2,1-4H3,(H,32,33)(H,34,35). The fourth-order valence-corrected chi connectivity index (χ4v) is 6.56. The number of thioether (sulfide) groups is 1. The number of imide groups is 1. The van der Waals surface area contributed by atoms with Crippen LogP contribution in [0, 0.1) is 17.0 Å². The number of unbranched alkanes of at least 4 members (excludes halogenated alkanes) is 2. The van der Waals surface area contributed by atoms with Gasteiger partial charge in [-0.1, -0.05) is 12.5 Å². The molecule has 0 bridgehead atoms. The molecule has 1 aliphatic rings. The maximum absolute atomic E-state index is 12.6. The molecule has 1 aromatic carbocycles. The van der Waals surface area contributed by atoms with E-state index in [1.807, 2.05) is 0 Å². The first kappa shape index (κ1) is 37.0. The normalized spacial score (nSPS) is 18.4. The van der Waals surface area contributed by atoms with E-state index in [1.54, 1.807) is 33.8 Å². The Balaban J connectivity index is 1.66. The number of likely N-dealkylation sites (tertiary alicyclic amines) is 1. The van der Waals surface area contributed by atoms with E-state index in [4.69, 9.17) is 13.8 Å². The minimum atomic E-state index is -4.58. The van der Waals surface area contributed by atoms with E-state index in [0.717, 1.165) is 16.7 Å². The molecule has 3 atom stereocenters. The van der Waals surface area contributed by atoms with Gasteiger partial charge in [-0.15, -0.1) is 11.8 Å². The minimum absolute atomic E-state index is 0.0117. The van der Waals surface area contributed by atoms with Gasteiger partial charge in [0.15, 0.2) is 0 Å². The number of nitro benzene ring substituents is 1. The van der Waals surface area contributed by atoms with E-state index < -0.39 is 68.4 Å². The van der Waals surface area contributed by atoms with Gasteiger partial charge in [0.2, 0.25) is 17.6 Å². The third-order valence-corrected chi connectivity index (χ3v) is 8.92. The molecule has 242 valence electrons. The second-order valence-electron chi connectivity index (χ2n) is 10.3. The Kier molecular flexibility index (Phi) is 13.9. The van der Waals surface area contributed by atoms with Gasteiger partial charge in [0.1, 0.15) is 5.94 Å². The monoisotopic (exact) mass is 670 g/mol. The van der Waals surface area contributed by atoms with Crippen LogP contribution in [0.15, 0.2) is 18.2 Å². The predicted molar refractivity (Wildman–Crippen MR) is 153 cm³/mol. The number of nitrogens with zero attached hydrogens (tertiary/aromatic N) is 2. The first-order valence-corrected chi connectivity index (χ1v) is 17.1. The number of rotatable bonds is 18. The molecule has 1 aromatic rings. The van der Waals surface area contributed by atoms with Crippen LogP contribution in [0.2, 0.25) is 0 Å². The van der Waals surface area contributed by atoms with Crippen molar-refractivity contribution in [2.24, 2.45) is 0 Å². The second kappa shape index (κ2) is 16.2. The summed E-state index contributed by atoms with van der Waals surface area (Å²) in [6.45, 7) is 5.32. The van der Waals surface area contributed by atoms with Crippen LogP contribution in [-0.2, 0) is 41.6 Å². The smallest absolute Gasteiger partial charge is 0.419 e. The lowest BCUT2D eigenvalue weighted by Crippen LogP contribution is -2.32. The van der Waals surface area contributed by atoms with E-state index >= 15 is 0 Å². The van der Waals surface area contributed by atoms with Crippen LogP contribution in [0.4, 0.5) is 5.69 Å². The van der Waals surface area contributed by atoms with E-state index in [1.165, 1.54) is 12.1 Å². The maximum atomic E-state index is 12.6. The molecule has 1 fully saturated rings. The number of nitro groups is 1. The van der Waals surface area contributed by atoms with Gasteiger partial charge < -0.3 is 14.5 Å². The topological polar surface area (TPSA) is 218 Å². The van der Waals surface area contributed by atoms with Gasteiger partial charge in [0.05, 0.1) is 29.0 Å². The molecule has 1 aliphatic heterocycles. The van der Waals surface area contributed by atoms with Crippen LogP contribution >= 0.6 is 27.4 Å². The van der Waals surface area contributed by atoms with Crippen LogP contribution in [-0.4, -0.2) is 73.9 Å². The number of benzene rings is 1. The Labute approximate surface area is 252 Å². The molecule has 0 aromatic heterocycles. The number of esters is 1.